The zero-order valence-electron chi connectivity index (χ0n) is 10.4. The fourth-order valence-electron chi connectivity index (χ4n) is 2.29. The van der Waals surface area contributed by atoms with Crippen molar-refractivity contribution >= 4 is 34.5 Å². The van der Waals surface area contributed by atoms with Crippen LogP contribution >= 0.6 is 34.5 Å². The molecule has 1 aromatic heterocycles. The highest BCUT2D eigenvalue weighted by atomic mass is 35.5. The number of halogens is 2. The highest BCUT2D eigenvalue weighted by molar-refractivity contribution is 7.10. The molecule has 0 bridgehead atoms. The molecule has 0 radical (unpaired) electrons. The molecule has 1 atom stereocenters. The minimum absolute atomic E-state index is 0.0102. The molecule has 100 valence electrons. The number of likely N-dealkylation sites (N-methyl/N-ethyl adjacent to an activating group) is 1. The van der Waals surface area contributed by atoms with Crippen LogP contribution in [-0.4, -0.2) is 18.5 Å². The number of nitrogens with zero attached hydrogens (tertiary/aromatic N) is 1. The second-order valence-corrected chi connectivity index (χ2v) is 6.44. The molecule has 0 N–H and O–H groups in total. The lowest BCUT2D eigenvalue weighted by Gasteiger charge is -2.30. The van der Waals surface area contributed by atoms with Gasteiger partial charge < -0.3 is 4.74 Å². The van der Waals surface area contributed by atoms with Gasteiger partial charge in [0.15, 0.2) is 0 Å². The topological polar surface area (TPSA) is 12.5 Å². The molecule has 0 spiro atoms. The van der Waals surface area contributed by atoms with Crippen LogP contribution in [0.5, 0.6) is 5.75 Å². The summed E-state index contributed by atoms with van der Waals surface area (Å²) in [7, 11) is 2.10. The van der Waals surface area contributed by atoms with Gasteiger partial charge >= 0.3 is 0 Å². The Kier molecular flexibility index (Phi) is 3.72. The van der Waals surface area contributed by atoms with Crippen LogP contribution in [0.1, 0.15) is 16.5 Å². The lowest BCUT2D eigenvalue weighted by Crippen LogP contribution is -2.32. The maximum absolute atomic E-state index is 6.18. The Morgan fingerprint density at radius 3 is 3.00 bits per heavy atom. The molecule has 5 heteroatoms. The van der Waals surface area contributed by atoms with Gasteiger partial charge in [-0.2, -0.15) is 0 Å². The van der Waals surface area contributed by atoms with Gasteiger partial charge in [0.25, 0.3) is 0 Å². The predicted octanol–water partition coefficient (Wildman–Crippen LogP) is 4.62. The van der Waals surface area contributed by atoms with E-state index in [1.807, 2.05) is 12.1 Å². The summed E-state index contributed by atoms with van der Waals surface area (Å²) in [6, 6.07) is 7.61. The van der Waals surface area contributed by atoms with Gasteiger partial charge in [-0.3, -0.25) is 4.90 Å². The molecule has 2 aromatic rings. The van der Waals surface area contributed by atoms with Crippen molar-refractivity contribution in [3.05, 3.63) is 50.1 Å². The zero-order chi connectivity index (χ0) is 13.4. The Morgan fingerprint density at radius 1 is 1.32 bits per heavy atom. The fraction of sp³-hybridized carbons (Fsp3) is 0.286. The SMILES string of the molecule is CN1Cc2sccc2C(Oc2cccc(Cl)c2Cl)C1. The minimum Gasteiger partial charge on any atom is -0.483 e. The van der Waals surface area contributed by atoms with E-state index in [0.29, 0.717) is 15.8 Å². The maximum Gasteiger partial charge on any atom is 0.140 e. The number of benzene rings is 1. The standard InChI is InChI=1S/C14H13Cl2NOS/c1-17-7-12(9-5-6-19-13(9)8-17)18-11-4-2-3-10(15)14(11)16/h2-6,12H,7-8H2,1H3. The van der Waals surface area contributed by atoms with Crippen molar-refractivity contribution in [3.63, 3.8) is 0 Å². The van der Waals surface area contributed by atoms with Crippen LogP contribution in [-0.2, 0) is 6.54 Å². The largest absolute Gasteiger partial charge is 0.483 e. The van der Waals surface area contributed by atoms with E-state index < -0.39 is 0 Å². The molecule has 0 fully saturated rings. The molecule has 2 nitrogen and oxygen atoms in total. The van der Waals surface area contributed by atoms with Gasteiger partial charge in [-0.05, 0) is 30.6 Å². The van der Waals surface area contributed by atoms with Crippen LogP contribution in [0.3, 0.4) is 0 Å². The number of ether oxygens (including phenoxy) is 1. The van der Waals surface area contributed by atoms with Gasteiger partial charge in [0.1, 0.15) is 16.9 Å². The van der Waals surface area contributed by atoms with Crippen molar-refractivity contribution in [2.45, 2.75) is 12.6 Å². The van der Waals surface area contributed by atoms with Crippen molar-refractivity contribution in [3.8, 4) is 5.75 Å². The third kappa shape index (κ3) is 2.61. The molecule has 1 aromatic carbocycles. The molecule has 1 unspecified atom stereocenters. The van der Waals surface area contributed by atoms with Gasteiger partial charge in [-0.15, -0.1) is 11.3 Å². The Hall–Kier alpha value is -0.740. The lowest BCUT2D eigenvalue weighted by molar-refractivity contribution is 0.131. The summed E-state index contributed by atoms with van der Waals surface area (Å²) in [6.07, 6.45) is 0.0102. The highest BCUT2D eigenvalue weighted by Gasteiger charge is 2.26. The van der Waals surface area contributed by atoms with Crippen molar-refractivity contribution < 1.29 is 4.74 Å². The molecule has 0 aliphatic carbocycles. The molecule has 1 aliphatic heterocycles. The normalized spacial score (nSPS) is 19.2. The summed E-state index contributed by atoms with van der Waals surface area (Å²) in [5, 5.41) is 3.11. The van der Waals surface area contributed by atoms with E-state index >= 15 is 0 Å². The quantitative estimate of drug-likeness (QED) is 0.802. The van der Waals surface area contributed by atoms with Crippen molar-refractivity contribution in [2.24, 2.45) is 0 Å². The average molecular weight is 314 g/mol. The molecule has 2 heterocycles. The predicted molar refractivity (Wildman–Crippen MR) is 80.5 cm³/mol. The summed E-state index contributed by atoms with van der Waals surface area (Å²) < 4.78 is 6.07. The Balaban J connectivity index is 1.90. The Morgan fingerprint density at radius 2 is 2.16 bits per heavy atom. The van der Waals surface area contributed by atoms with E-state index in [-0.39, 0.29) is 6.10 Å². The molecule has 0 saturated heterocycles. The Labute approximate surface area is 126 Å². The first-order valence-corrected chi connectivity index (χ1v) is 7.64. The monoisotopic (exact) mass is 313 g/mol. The minimum atomic E-state index is 0.0102. The van der Waals surface area contributed by atoms with E-state index in [1.54, 1.807) is 17.4 Å². The summed E-state index contributed by atoms with van der Waals surface area (Å²) in [4.78, 5) is 3.61. The third-order valence-corrected chi connectivity index (χ3v) is 4.93. The van der Waals surface area contributed by atoms with Crippen LogP contribution in [0.4, 0.5) is 0 Å². The molecule has 1 aliphatic rings. The number of rotatable bonds is 2. The first-order chi connectivity index (χ1) is 9.15. The molecule has 19 heavy (non-hydrogen) atoms. The van der Waals surface area contributed by atoms with Gasteiger partial charge in [-0.1, -0.05) is 29.3 Å². The molecule has 3 rings (SSSR count). The summed E-state index contributed by atoms with van der Waals surface area (Å²) in [5.74, 6) is 0.645. The summed E-state index contributed by atoms with van der Waals surface area (Å²) >= 11 is 14.0. The number of hydrogen-bond donors (Lipinski definition) is 0. The molecule has 0 amide bonds. The average Bonchev–Trinajstić information content (AvgIpc) is 2.83. The van der Waals surface area contributed by atoms with Crippen LogP contribution < -0.4 is 4.74 Å². The van der Waals surface area contributed by atoms with Gasteiger partial charge in [0, 0.05) is 23.5 Å². The number of thiophene rings is 1. The lowest BCUT2D eigenvalue weighted by atomic mass is 10.1. The second kappa shape index (κ2) is 5.33. The van der Waals surface area contributed by atoms with E-state index in [2.05, 4.69) is 23.4 Å². The van der Waals surface area contributed by atoms with Crippen molar-refractivity contribution in [1.82, 2.24) is 4.90 Å². The van der Waals surface area contributed by atoms with E-state index in [4.69, 9.17) is 27.9 Å². The highest BCUT2D eigenvalue weighted by Crippen LogP contribution is 2.37. The van der Waals surface area contributed by atoms with Crippen LogP contribution in [0.25, 0.3) is 0 Å². The number of fused-ring (bicyclic) bond motifs is 1. The molecular formula is C14H13Cl2NOS. The molecule has 0 saturated carbocycles. The zero-order valence-corrected chi connectivity index (χ0v) is 12.7. The smallest absolute Gasteiger partial charge is 0.140 e. The van der Waals surface area contributed by atoms with Gasteiger partial charge in [0.05, 0.1) is 5.02 Å². The summed E-state index contributed by atoms with van der Waals surface area (Å²) in [6.45, 7) is 1.84. The van der Waals surface area contributed by atoms with E-state index in [1.165, 1.54) is 10.4 Å². The maximum atomic E-state index is 6.18. The third-order valence-electron chi connectivity index (χ3n) is 3.20. The number of hydrogen-bond acceptors (Lipinski definition) is 3. The molecular weight excluding hydrogens is 301 g/mol. The van der Waals surface area contributed by atoms with Gasteiger partial charge in [-0.25, -0.2) is 0 Å². The van der Waals surface area contributed by atoms with Crippen molar-refractivity contribution in [2.75, 3.05) is 13.6 Å². The van der Waals surface area contributed by atoms with Crippen LogP contribution in [0, 0.1) is 0 Å². The second-order valence-electron chi connectivity index (χ2n) is 4.65. The van der Waals surface area contributed by atoms with Crippen LogP contribution in [0.15, 0.2) is 29.6 Å². The first kappa shape index (κ1) is 13.3. The van der Waals surface area contributed by atoms with E-state index in [9.17, 15) is 0 Å². The van der Waals surface area contributed by atoms with Crippen molar-refractivity contribution in [1.29, 1.82) is 0 Å². The van der Waals surface area contributed by atoms with Gasteiger partial charge in [0.2, 0.25) is 0 Å². The van der Waals surface area contributed by atoms with E-state index in [0.717, 1.165) is 13.1 Å². The van der Waals surface area contributed by atoms with Crippen LogP contribution in [0.2, 0.25) is 10.0 Å². The Bertz CT molecular complexity index is 599. The fourth-order valence-corrected chi connectivity index (χ4v) is 3.63. The summed E-state index contributed by atoms with van der Waals surface area (Å²) in [5.41, 5.74) is 1.26. The first-order valence-electron chi connectivity index (χ1n) is 6.00.